The Hall–Kier alpha value is -0.710. The van der Waals surface area contributed by atoms with Crippen LogP contribution in [0.4, 0.5) is 0 Å². The molecule has 0 aromatic rings. The monoisotopic (exact) mass is 488 g/mol. The molecule has 3 saturated carbocycles. The van der Waals surface area contributed by atoms with Gasteiger partial charge in [0.25, 0.3) is 0 Å². The Kier molecular flexibility index (Phi) is 6.56. The summed E-state index contributed by atoms with van der Waals surface area (Å²) >= 11 is 0. The van der Waals surface area contributed by atoms with Crippen LogP contribution in [0.2, 0.25) is 0 Å². The Morgan fingerprint density at radius 3 is 2.26 bits per heavy atom. The first-order valence-electron chi connectivity index (χ1n) is 14.3. The lowest BCUT2D eigenvalue weighted by molar-refractivity contribution is -0.208. The highest BCUT2D eigenvalue weighted by atomic mass is 16.3. The van der Waals surface area contributed by atoms with Gasteiger partial charge in [-0.15, -0.1) is 0 Å². The maximum absolute atomic E-state index is 12.9. The summed E-state index contributed by atoms with van der Waals surface area (Å²) in [6.07, 6.45) is 6.23. The number of ketones is 1. The molecule has 0 bridgehead atoms. The Morgan fingerprint density at radius 2 is 1.66 bits per heavy atom. The van der Waals surface area contributed by atoms with Gasteiger partial charge in [-0.1, -0.05) is 59.6 Å². The number of Topliss-reactive ketones (excluding diaryl/α,β-unsaturated/α-hetero) is 1. The summed E-state index contributed by atoms with van der Waals surface area (Å²) in [5, 5.41) is 33.2. The Bertz CT molecular complexity index is 896. The molecule has 0 aromatic carbocycles. The maximum Gasteiger partial charge on any atom is 0.138 e. The van der Waals surface area contributed by atoms with Gasteiger partial charge in [-0.2, -0.15) is 0 Å². The number of aliphatic hydroxyl groups excluding tert-OH is 2. The molecule has 0 heterocycles. The van der Waals surface area contributed by atoms with Crippen LogP contribution >= 0.6 is 0 Å². The van der Waals surface area contributed by atoms with Crippen molar-refractivity contribution in [3.63, 3.8) is 0 Å². The third-order valence-corrected chi connectivity index (χ3v) is 12.5. The summed E-state index contributed by atoms with van der Waals surface area (Å²) in [5.41, 5.74) is 1.70. The number of allylic oxidation sites excluding steroid dienone is 1. The van der Waals surface area contributed by atoms with Crippen LogP contribution in [0.25, 0.3) is 0 Å². The lowest BCUT2D eigenvalue weighted by Crippen LogP contribution is -2.65. The van der Waals surface area contributed by atoms with E-state index in [-0.39, 0.29) is 45.5 Å². The highest BCUT2D eigenvalue weighted by molar-refractivity contribution is 5.85. The van der Waals surface area contributed by atoms with Crippen LogP contribution in [0.3, 0.4) is 0 Å². The fraction of sp³-hybridized carbons (Fsp3) is 0.903. The van der Waals surface area contributed by atoms with E-state index in [1.54, 1.807) is 13.8 Å². The summed E-state index contributed by atoms with van der Waals surface area (Å²) in [7, 11) is 0. The van der Waals surface area contributed by atoms with Crippen LogP contribution in [0.5, 0.6) is 0 Å². The molecule has 4 nitrogen and oxygen atoms in total. The van der Waals surface area contributed by atoms with E-state index in [9.17, 15) is 20.1 Å². The van der Waals surface area contributed by atoms with Gasteiger partial charge in [0.2, 0.25) is 0 Å². The van der Waals surface area contributed by atoms with E-state index in [1.807, 2.05) is 6.92 Å². The first kappa shape index (κ1) is 27.3. The van der Waals surface area contributed by atoms with Gasteiger partial charge in [0.15, 0.2) is 0 Å². The Morgan fingerprint density at radius 1 is 1.03 bits per heavy atom. The maximum atomic E-state index is 12.9. The molecular formula is C31H52O4. The SMILES string of the molecule is C[C@H](C[C@H](O)[C@@H](C)C(C)(C)O)C1=C2C[C@H](O)C3[C@@]4(C)CCC(=O)C(C)(C)C4CC[C@]3(C)[C@@]2(C)CC1. The minimum Gasteiger partial charge on any atom is -0.393 e. The quantitative estimate of drug-likeness (QED) is 0.411. The minimum atomic E-state index is -0.911. The average molecular weight is 489 g/mol. The molecule has 200 valence electrons. The van der Waals surface area contributed by atoms with E-state index in [1.165, 1.54) is 11.1 Å². The molecule has 3 fully saturated rings. The normalized spacial score (nSPS) is 43.8. The van der Waals surface area contributed by atoms with Crippen LogP contribution < -0.4 is 0 Å². The largest absolute Gasteiger partial charge is 0.393 e. The van der Waals surface area contributed by atoms with Gasteiger partial charge in [-0.25, -0.2) is 0 Å². The second-order valence-electron chi connectivity index (χ2n) is 14.9. The number of carbonyl (C=O) groups is 1. The van der Waals surface area contributed by atoms with Gasteiger partial charge >= 0.3 is 0 Å². The summed E-state index contributed by atoms with van der Waals surface area (Å²) in [6, 6.07) is 0. The van der Waals surface area contributed by atoms with Gasteiger partial charge in [0.05, 0.1) is 17.8 Å². The number of rotatable bonds is 5. The first-order valence-corrected chi connectivity index (χ1v) is 14.3. The fourth-order valence-electron chi connectivity index (χ4n) is 9.85. The molecule has 4 aliphatic carbocycles. The molecule has 3 N–H and O–H groups in total. The van der Waals surface area contributed by atoms with Gasteiger partial charge in [-0.3, -0.25) is 4.79 Å². The highest BCUT2D eigenvalue weighted by Gasteiger charge is 2.69. The molecule has 0 spiro atoms. The average Bonchev–Trinajstić information content (AvgIpc) is 3.07. The van der Waals surface area contributed by atoms with Crippen molar-refractivity contribution in [1.29, 1.82) is 0 Å². The zero-order valence-corrected chi connectivity index (χ0v) is 23.9. The molecule has 4 heteroatoms. The molecule has 9 atom stereocenters. The van der Waals surface area contributed by atoms with Crippen molar-refractivity contribution in [3.8, 4) is 0 Å². The third-order valence-electron chi connectivity index (χ3n) is 12.5. The smallest absolute Gasteiger partial charge is 0.138 e. The summed E-state index contributed by atoms with van der Waals surface area (Å²) in [5.74, 6) is 0.963. The van der Waals surface area contributed by atoms with Gasteiger partial charge < -0.3 is 15.3 Å². The first-order chi connectivity index (χ1) is 15.9. The molecule has 2 unspecified atom stereocenters. The lowest BCUT2D eigenvalue weighted by atomic mass is 9.36. The predicted molar refractivity (Wildman–Crippen MR) is 141 cm³/mol. The summed E-state index contributed by atoms with van der Waals surface area (Å²) in [4.78, 5) is 12.9. The van der Waals surface area contributed by atoms with E-state index in [0.717, 1.165) is 38.5 Å². The van der Waals surface area contributed by atoms with E-state index in [4.69, 9.17) is 0 Å². The molecule has 0 saturated heterocycles. The van der Waals surface area contributed by atoms with Gasteiger partial charge in [0.1, 0.15) is 5.78 Å². The van der Waals surface area contributed by atoms with Crippen molar-refractivity contribution in [1.82, 2.24) is 0 Å². The minimum absolute atomic E-state index is 0.00217. The van der Waals surface area contributed by atoms with Crippen molar-refractivity contribution >= 4 is 5.78 Å². The van der Waals surface area contributed by atoms with Crippen LogP contribution in [0, 0.1) is 45.3 Å². The van der Waals surface area contributed by atoms with Crippen molar-refractivity contribution < 1.29 is 20.1 Å². The van der Waals surface area contributed by atoms with Gasteiger partial charge in [-0.05, 0) is 92.8 Å². The Labute approximate surface area is 214 Å². The second-order valence-corrected chi connectivity index (χ2v) is 14.9. The lowest BCUT2D eigenvalue weighted by Gasteiger charge is -2.69. The summed E-state index contributed by atoms with van der Waals surface area (Å²) < 4.78 is 0. The van der Waals surface area contributed by atoms with E-state index in [2.05, 4.69) is 41.5 Å². The van der Waals surface area contributed by atoms with E-state index in [0.29, 0.717) is 24.5 Å². The van der Waals surface area contributed by atoms with Crippen molar-refractivity contribution in [2.45, 2.75) is 131 Å². The molecule has 35 heavy (non-hydrogen) atoms. The van der Waals surface area contributed by atoms with Crippen molar-refractivity contribution in [3.05, 3.63) is 11.1 Å². The number of carbonyl (C=O) groups excluding carboxylic acids is 1. The zero-order chi connectivity index (χ0) is 26.4. The topological polar surface area (TPSA) is 77.8 Å². The molecule has 0 radical (unpaired) electrons. The van der Waals surface area contributed by atoms with Crippen LogP contribution in [-0.4, -0.2) is 38.9 Å². The fourth-order valence-corrected chi connectivity index (χ4v) is 9.85. The third kappa shape index (κ3) is 3.83. The zero-order valence-electron chi connectivity index (χ0n) is 23.9. The highest BCUT2D eigenvalue weighted by Crippen LogP contribution is 2.74. The molecule has 0 amide bonds. The van der Waals surface area contributed by atoms with Crippen molar-refractivity contribution in [2.24, 2.45) is 45.3 Å². The van der Waals surface area contributed by atoms with Crippen LogP contribution in [-0.2, 0) is 4.79 Å². The van der Waals surface area contributed by atoms with E-state index < -0.39 is 11.7 Å². The molecular weight excluding hydrogens is 436 g/mol. The van der Waals surface area contributed by atoms with Crippen LogP contribution in [0.1, 0.15) is 114 Å². The predicted octanol–water partition coefficient (Wildman–Crippen LogP) is 6.07. The standard InChI is InChI=1S/C31H52O4/c1-18(16-22(32)19(2)28(5,6)35)20-10-14-30(8)21(20)17-23(33)26-29(7)13-12-25(34)27(3,4)24(29)11-15-31(26,30)9/h18-19,22-24,26,32-33,35H,10-17H2,1-9H3/t18-,19-,22+,23+,24?,26?,29+,30+,31+/m1/s1. The molecule has 0 aromatic heterocycles. The summed E-state index contributed by atoms with van der Waals surface area (Å²) in [6.45, 7) is 19.3. The Balaban J connectivity index is 1.68. The van der Waals surface area contributed by atoms with Crippen molar-refractivity contribution in [2.75, 3.05) is 0 Å². The number of hydrogen-bond donors (Lipinski definition) is 3. The molecule has 4 rings (SSSR count). The molecule has 4 aliphatic rings. The van der Waals surface area contributed by atoms with Crippen LogP contribution in [0.15, 0.2) is 11.1 Å². The number of fused-ring (bicyclic) bond motifs is 5. The second kappa shape index (κ2) is 8.40. The van der Waals surface area contributed by atoms with E-state index >= 15 is 0 Å². The molecule has 0 aliphatic heterocycles. The number of aliphatic hydroxyl groups is 3. The van der Waals surface area contributed by atoms with Gasteiger partial charge in [0, 0.05) is 17.8 Å². The number of hydrogen-bond acceptors (Lipinski definition) is 4.